The summed E-state index contributed by atoms with van der Waals surface area (Å²) in [5, 5.41) is -0.520. The van der Waals surface area contributed by atoms with Crippen molar-refractivity contribution in [1.29, 1.82) is 0 Å². The summed E-state index contributed by atoms with van der Waals surface area (Å²) in [6.45, 7) is 0. The molecule has 0 fully saturated rings. The predicted molar refractivity (Wildman–Crippen MR) is 53.6 cm³/mol. The Hall–Kier alpha value is -0.380. The fourth-order valence-corrected chi connectivity index (χ4v) is 1.84. The minimum Gasteiger partial charge on any atom is -0.387 e. The van der Waals surface area contributed by atoms with E-state index in [1.165, 1.54) is 22.6 Å². The Morgan fingerprint density at radius 2 is 1.94 bits per heavy atom. The zero-order chi connectivity index (χ0) is 12.5. The van der Waals surface area contributed by atoms with E-state index < -0.39 is 29.3 Å². The molecule has 0 radical (unpaired) electrons. The number of nitrogens with zero attached hydrogens (tertiary/aromatic N) is 1. The van der Waals surface area contributed by atoms with Crippen LogP contribution in [0.4, 0.5) is 22.0 Å². The number of halogens is 7. The first-order chi connectivity index (χ1) is 7.20. The highest BCUT2D eigenvalue weighted by molar-refractivity contribution is 14.1. The molecule has 90 valence electrons. The van der Waals surface area contributed by atoms with Gasteiger partial charge in [0.15, 0.2) is 0 Å². The first kappa shape index (κ1) is 13.7. The average molecular weight is 373 g/mol. The highest BCUT2D eigenvalue weighted by Gasteiger charge is 2.35. The van der Waals surface area contributed by atoms with Gasteiger partial charge in [-0.1, -0.05) is 11.6 Å². The maximum Gasteiger partial charge on any atom is 0.574 e. The van der Waals surface area contributed by atoms with Gasteiger partial charge in [0, 0.05) is 0 Å². The second-order valence-electron chi connectivity index (χ2n) is 2.49. The Labute approximate surface area is 105 Å². The van der Waals surface area contributed by atoms with Crippen LogP contribution >= 0.6 is 34.2 Å². The quantitative estimate of drug-likeness (QED) is 0.441. The standard InChI is InChI=1S/C7H2ClF5INO/c8-2-1-3(14)15-6(4(2)5(9)10)16-7(11,12)13/h1,5H. The molecule has 9 heteroatoms. The third-order valence-electron chi connectivity index (χ3n) is 1.37. The summed E-state index contributed by atoms with van der Waals surface area (Å²) in [6.07, 6.45) is -8.29. The van der Waals surface area contributed by atoms with Gasteiger partial charge in [0.2, 0.25) is 5.88 Å². The Kier molecular flexibility index (Phi) is 4.16. The first-order valence-electron chi connectivity index (χ1n) is 3.60. The second kappa shape index (κ2) is 4.86. The van der Waals surface area contributed by atoms with E-state index in [4.69, 9.17) is 11.6 Å². The minimum atomic E-state index is -5.09. The van der Waals surface area contributed by atoms with Crippen LogP contribution in [0.2, 0.25) is 5.02 Å². The van der Waals surface area contributed by atoms with Crippen LogP contribution in [0.3, 0.4) is 0 Å². The van der Waals surface area contributed by atoms with E-state index in [-0.39, 0.29) is 3.70 Å². The van der Waals surface area contributed by atoms with Crippen LogP contribution in [0, 0.1) is 3.70 Å². The molecule has 0 atom stereocenters. The van der Waals surface area contributed by atoms with Crippen molar-refractivity contribution in [3.05, 3.63) is 20.4 Å². The molecule has 0 unspecified atom stereocenters. The molecule has 0 bridgehead atoms. The molecule has 0 aromatic carbocycles. The lowest BCUT2D eigenvalue weighted by atomic mass is 10.3. The molecule has 0 saturated carbocycles. The molecular formula is C7H2ClF5INO. The van der Waals surface area contributed by atoms with Crippen molar-refractivity contribution < 1.29 is 26.7 Å². The van der Waals surface area contributed by atoms with Crippen LogP contribution in [0.5, 0.6) is 5.88 Å². The van der Waals surface area contributed by atoms with Crippen molar-refractivity contribution in [3.63, 3.8) is 0 Å². The number of hydrogen-bond donors (Lipinski definition) is 0. The van der Waals surface area contributed by atoms with Gasteiger partial charge in [0.1, 0.15) is 3.70 Å². The number of pyridine rings is 1. The van der Waals surface area contributed by atoms with Crippen molar-refractivity contribution in [2.24, 2.45) is 0 Å². The van der Waals surface area contributed by atoms with Crippen LogP contribution in [0.25, 0.3) is 0 Å². The van der Waals surface area contributed by atoms with Crippen LogP contribution < -0.4 is 4.74 Å². The molecule has 1 aromatic rings. The molecule has 1 aromatic heterocycles. The Morgan fingerprint density at radius 1 is 1.38 bits per heavy atom. The van der Waals surface area contributed by atoms with Gasteiger partial charge in [-0.3, -0.25) is 0 Å². The van der Waals surface area contributed by atoms with Crippen LogP contribution in [0.15, 0.2) is 6.07 Å². The maximum atomic E-state index is 12.4. The molecule has 0 aliphatic heterocycles. The van der Waals surface area contributed by atoms with Gasteiger partial charge in [0.25, 0.3) is 6.43 Å². The zero-order valence-electron chi connectivity index (χ0n) is 7.16. The number of aromatic nitrogens is 1. The van der Waals surface area contributed by atoms with Gasteiger partial charge >= 0.3 is 6.36 Å². The summed E-state index contributed by atoms with van der Waals surface area (Å²) in [7, 11) is 0. The highest BCUT2D eigenvalue weighted by atomic mass is 127. The SMILES string of the molecule is FC(F)c1c(Cl)cc(I)nc1OC(F)(F)F. The molecule has 0 aliphatic rings. The van der Waals surface area contributed by atoms with Crippen molar-refractivity contribution in [2.75, 3.05) is 0 Å². The van der Waals surface area contributed by atoms with E-state index in [2.05, 4.69) is 9.72 Å². The fourth-order valence-electron chi connectivity index (χ4n) is 0.859. The number of ether oxygens (including phenoxy) is 1. The molecule has 0 N–H and O–H groups in total. The third-order valence-corrected chi connectivity index (χ3v) is 2.24. The lowest BCUT2D eigenvalue weighted by Gasteiger charge is -2.13. The van der Waals surface area contributed by atoms with Crippen molar-refractivity contribution in [1.82, 2.24) is 4.98 Å². The lowest BCUT2D eigenvalue weighted by Crippen LogP contribution is -2.19. The lowest BCUT2D eigenvalue weighted by molar-refractivity contribution is -0.276. The third kappa shape index (κ3) is 3.58. The topological polar surface area (TPSA) is 22.1 Å². The monoisotopic (exact) mass is 373 g/mol. The van der Waals surface area contributed by atoms with E-state index in [9.17, 15) is 22.0 Å². The maximum absolute atomic E-state index is 12.4. The molecular weight excluding hydrogens is 371 g/mol. The summed E-state index contributed by atoms with van der Waals surface area (Å²) in [6, 6.07) is 1.02. The number of hydrogen-bond acceptors (Lipinski definition) is 2. The molecule has 0 spiro atoms. The van der Waals surface area contributed by atoms with E-state index in [0.29, 0.717) is 0 Å². The Bertz CT molecular complexity index is 397. The smallest absolute Gasteiger partial charge is 0.387 e. The van der Waals surface area contributed by atoms with Gasteiger partial charge in [-0.05, 0) is 28.7 Å². The first-order valence-corrected chi connectivity index (χ1v) is 5.06. The summed E-state index contributed by atoms with van der Waals surface area (Å²) in [4.78, 5) is 3.22. The molecule has 1 rings (SSSR count). The molecule has 1 heterocycles. The van der Waals surface area contributed by atoms with Crippen LogP contribution in [-0.4, -0.2) is 11.3 Å². The van der Waals surface area contributed by atoms with Crippen molar-refractivity contribution >= 4 is 34.2 Å². The van der Waals surface area contributed by atoms with E-state index in [0.717, 1.165) is 6.07 Å². The minimum absolute atomic E-state index is 0.0197. The summed E-state index contributed by atoms with van der Waals surface area (Å²) in [5.74, 6) is -1.22. The van der Waals surface area contributed by atoms with E-state index in [1.807, 2.05) is 0 Å². The summed E-state index contributed by atoms with van der Waals surface area (Å²) >= 11 is 6.92. The van der Waals surface area contributed by atoms with Gasteiger partial charge in [-0.15, -0.1) is 13.2 Å². The normalized spacial score (nSPS) is 12.0. The Balaban J connectivity index is 3.24. The van der Waals surface area contributed by atoms with Crippen LogP contribution in [-0.2, 0) is 0 Å². The largest absolute Gasteiger partial charge is 0.574 e. The number of alkyl halides is 5. The van der Waals surface area contributed by atoms with Gasteiger partial charge in [-0.2, -0.15) is 0 Å². The highest BCUT2D eigenvalue weighted by Crippen LogP contribution is 2.37. The van der Waals surface area contributed by atoms with Gasteiger partial charge in [0.05, 0.1) is 10.6 Å². The van der Waals surface area contributed by atoms with Crippen molar-refractivity contribution in [2.45, 2.75) is 12.8 Å². The Morgan fingerprint density at radius 3 is 2.38 bits per heavy atom. The van der Waals surface area contributed by atoms with Gasteiger partial charge < -0.3 is 4.74 Å². The molecule has 0 amide bonds. The second-order valence-corrected chi connectivity index (χ2v) is 4.01. The van der Waals surface area contributed by atoms with Crippen LogP contribution in [0.1, 0.15) is 12.0 Å². The van der Waals surface area contributed by atoms with E-state index >= 15 is 0 Å². The zero-order valence-corrected chi connectivity index (χ0v) is 10.1. The fraction of sp³-hybridized carbons (Fsp3) is 0.286. The van der Waals surface area contributed by atoms with Crippen molar-refractivity contribution in [3.8, 4) is 5.88 Å². The summed E-state index contributed by atoms with van der Waals surface area (Å²) < 4.78 is 63.9. The number of rotatable bonds is 2. The molecule has 2 nitrogen and oxygen atoms in total. The average Bonchev–Trinajstić information content (AvgIpc) is 1.96. The van der Waals surface area contributed by atoms with Gasteiger partial charge in [-0.25, -0.2) is 13.8 Å². The predicted octanol–water partition coefficient (Wildman–Crippen LogP) is 4.18. The molecule has 16 heavy (non-hydrogen) atoms. The molecule has 0 aliphatic carbocycles. The van der Waals surface area contributed by atoms with E-state index in [1.54, 1.807) is 0 Å². The molecule has 0 saturated heterocycles. The summed E-state index contributed by atoms with van der Waals surface area (Å²) in [5.41, 5.74) is -1.07.